The highest BCUT2D eigenvalue weighted by Crippen LogP contribution is 2.65. The third kappa shape index (κ3) is 3.10. The maximum absolute atomic E-state index is 13.2. The molecule has 1 amide bonds. The number of phenols is 1. The molecule has 0 unspecified atom stereocenters. The number of benzene rings is 1. The molecule has 7 nitrogen and oxygen atoms in total. The van der Waals surface area contributed by atoms with Crippen molar-refractivity contribution in [3.63, 3.8) is 0 Å². The monoisotopic (exact) mass is 476 g/mol. The van der Waals surface area contributed by atoms with E-state index in [-0.39, 0.29) is 29.2 Å². The highest BCUT2D eigenvalue weighted by Gasteiger charge is 2.66. The summed E-state index contributed by atoms with van der Waals surface area (Å²) in [6.45, 7) is 5.75. The lowest BCUT2D eigenvalue weighted by Gasteiger charge is -2.60. The summed E-state index contributed by atoms with van der Waals surface area (Å²) >= 11 is 0. The zero-order valence-electron chi connectivity index (χ0n) is 20.3. The van der Waals surface area contributed by atoms with Gasteiger partial charge in [-0.05, 0) is 50.3 Å². The molecule has 4 aliphatic rings. The van der Waals surface area contributed by atoms with E-state index in [4.69, 9.17) is 13.9 Å². The Balaban J connectivity index is 1.41. The van der Waals surface area contributed by atoms with Gasteiger partial charge >= 0.3 is 0 Å². The van der Waals surface area contributed by atoms with E-state index in [1.165, 1.54) is 0 Å². The molecule has 7 heteroatoms. The first kappa shape index (κ1) is 22.3. The summed E-state index contributed by atoms with van der Waals surface area (Å²) < 4.78 is 17.6. The van der Waals surface area contributed by atoms with Crippen LogP contribution in [0.5, 0.6) is 17.2 Å². The quantitative estimate of drug-likeness (QED) is 0.506. The van der Waals surface area contributed by atoms with Crippen LogP contribution in [0.3, 0.4) is 0 Å². The molecular formula is C28H32N2O5. The van der Waals surface area contributed by atoms with Crippen LogP contribution in [0.25, 0.3) is 6.08 Å². The molecule has 1 saturated heterocycles. The minimum absolute atomic E-state index is 0.0582. The van der Waals surface area contributed by atoms with Crippen LogP contribution >= 0.6 is 0 Å². The Morgan fingerprint density at radius 3 is 3.03 bits per heavy atom. The first-order chi connectivity index (χ1) is 17.0. The van der Waals surface area contributed by atoms with E-state index in [2.05, 4.69) is 11.5 Å². The molecular weight excluding hydrogens is 444 g/mol. The number of methoxy groups -OCH3 is 1. The number of furan rings is 1. The lowest BCUT2D eigenvalue weighted by molar-refractivity contribution is -0.135. The number of hydrogen-bond acceptors (Lipinski definition) is 6. The average molecular weight is 477 g/mol. The van der Waals surface area contributed by atoms with Crippen molar-refractivity contribution >= 4 is 12.0 Å². The van der Waals surface area contributed by atoms with Gasteiger partial charge in [0.25, 0.3) is 0 Å². The Morgan fingerprint density at radius 1 is 1.43 bits per heavy atom. The zero-order chi connectivity index (χ0) is 24.3. The smallest absolute Gasteiger partial charge is 0.246 e. The third-order valence-electron chi connectivity index (χ3n) is 8.88. The number of rotatable bonds is 6. The van der Waals surface area contributed by atoms with E-state index in [0.29, 0.717) is 17.7 Å². The number of likely N-dealkylation sites (tertiary alicyclic amines) is 1. The average Bonchev–Trinajstić information content (AvgIpc) is 3.50. The lowest BCUT2D eigenvalue weighted by Crippen LogP contribution is -2.68. The van der Waals surface area contributed by atoms with Crippen molar-refractivity contribution in [2.75, 3.05) is 27.2 Å². The van der Waals surface area contributed by atoms with Crippen molar-refractivity contribution in [1.82, 2.24) is 9.80 Å². The highest BCUT2D eigenvalue weighted by molar-refractivity contribution is 5.91. The van der Waals surface area contributed by atoms with Gasteiger partial charge in [-0.15, -0.1) is 6.58 Å². The van der Waals surface area contributed by atoms with Gasteiger partial charge in [0.2, 0.25) is 5.91 Å². The number of carbonyl (C=O) groups is 1. The molecule has 2 aliphatic heterocycles. The molecule has 1 spiro atoms. The molecule has 1 aromatic heterocycles. The summed E-state index contributed by atoms with van der Waals surface area (Å²) in [5, 5.41) is 11.0. The van der Waals surface area contributed by atoms with Gasteiger partial charge in [-0.1, -0.05) is 6.08 Å². The third-order valence-corrected chi connectivity index (χ3v) is 8.88. The molecule has 1 saturated carbocycles. The summed E-state index contributed by atoms with van der Waals surface area (Å²) in [5.41, 5.74) is 2.71. The number of carbonyl (C=O) groups excluding carboxylic acids is 1. The second-order valence-electron chi connectivity index (χ2n) is 10.3. The number of phenolic OH excluding ortho intramolecular Hbond substituents is 1. The first-order valence-corrected chi connectivity index (χ1v) is 12.4. The summed E-state index contributed by atoms with van der Waals surface area (Å²) in [6, 6.07) is 3.75. The second-order valence-corrected chi connectivity index (χ2v) is 10.3. The molecule has 184 valence electrons. The van der Waals surface area contributed by atoms with Crippen LogP contribution in [-0.2, 0) is 16.6 Å². The van der Waals surface area contributed by atoms with Crippen LogP contribution in [0.2, 0.25) is 0 Å². The number of nitrogens with zero attached hydrogens (tertiary/aromatic N) is 2. The Hall–Kier alpha value is -3.19. The molecule has 2 bridgehead atoms. The highest BCUT2D eigenvalue weighted by atomic mass is 16.5. The fourth-order valence-corrected chi connectivity index (χ4v) is 7.41. The number of hydrogen-bond donors (Lipinski definition) is 1. The number of aromatic hydroxyl groups is 1. The fraction of sp³-hybridized carbons (Fsp3) is 0.464. The largest absolute Gasteiger partial charge is 0.508 e. The van der Waals surface area contributed by atoms with Crippen LogP contribution in [-0.4, -0.2) is 66.2 Å². The Morgan fingerprint density at radius 2 is 2.29 bits per heavy atom. The van der Waals surface area contributed by atoms with E-state index >= 15 is 0 Å². The Labute approximate surface area is 205 Å². The maximum atomic E-state index is 13.2. The van der Waals surface area contributed by atoms with Gasteiger partial charge in [-0.3, -0.25) is 9.69 Å². The van der Waals surface area contributed by atoms with Crippen molar-refractivity contribution in [2.45, 2.75) is 49.3 Å². The second kappa shape index (κ2) is 8.19. The minimum Gasteiger partial charge on any atom is -0.508 e. The summed E-state index contributed by atoms with van der Waals surface area (Å²) in [6.07, 6.45) is 12.0. The summed E-state index contributed by atoms with van der Waals surface area (Å²) in [5.74, 6) is 1.94. The molecule has 6 rings (SSSR count). The molecule has 35 heavy (non-hydrogen) atoms. The SMILES string of the molecule is C=CCN1CC[C@]23c4c5c(O)cc(OC)c4O[C@H]2[C@H](N(C)C(=O)/C=C/c2ccoc2)CC[C@H]3[C@H]1C5. The van der Waals surface area contributed by atoms with Crippen LogP contribution < -0.4 is 9.47 Å². The van der Waals surface area contributed by atoms with E-state index in [0.717, 1.165) is 61.2 Å². The van der Waals surface area contributed by atoms with Gasteiger partial charge in [0.05, 0.1) is 25.7 Å². The van der Waals surface area contributed by atoms with E-state index in [9.17, 15) is 9.90 Å². The standard InChI is InChI=1S/C28H32N2O5/c1-4-11-30-12-10-28-19-6-7-20(29(2)24(32)8-5-17-9-13-34-16-17)27(28)35-26-23(33-3)15-22(31)18(25(26)28)14-21(19)30/h4-5,8-9,13,15-16,19-21,27,31H,1,6-7,10-12,14H2,2-3H3/b8-5+/t19-,20+,21+,27-,28-/m0/s1. The van der Waals surface area contributed by atoms with Crippen LogP contribution in [0, 0.1) is 5.92 Å². The van der Waals surface area contributed by atoms with Crippen molar-refractivity contribution in [3.05, 3.63) is 60.1 Å². The molecule has 5 atom stereocenters. The van der Waals surface area contributed by atoms with Crippen molar-refractivity contribution in [2.24, 2.45) is 5.92 Å². The number of likely N-dealkylation sites (N-methyl/N-ethyl adjacent to an activating group) is 1. The van der Waals surface area contributed by atoms with E-state index < -0.39 is 0 Å². The van der Waals surface area contributed by atoms with Crippen molar-refractivity contribution in [3.8, 4) is 17.2 Å². The van der Waals surface area contributed by atoms with Gasteiger partial charge in [0.15, 0.2) is 11.5 Å². The molecule has 3 heterocycles. The van der Waals surface area contributed by atoms with Gasteiger partial charge in [0, 0.05) is 53.9 Å². The normalized spacial score (nSPS) is 30.6. The molecule has 2 fully saturated rings. The molecule has 2 aromatic rings. The van der Waals surface area contributed by atoms with E-state index in [1.54, 1.807) is 37.9 Å². The lowest BCUT2D eigenvalue weighted by atomic mass is 9.51. The maximum Gasteiger partial charge on any atom is 0.246 e. The van der Waals surface area contributed by atoms with Gasteiger partial charge in [0.1, 0.15) is 11.9 Å². The van der Waals surface area contributed by atoms with Crippen LogP contribution in [0.15, 0.2) is 47.8 Å². The Bertz CT molecular complexity index is 1190. The number of piperidine rings is 1. The van der Waals surface area contributed by atoms with Gasteiger partial charge in [-0.2, -0.15) is 0 Å². The number of ether oxygens (including phenoxy) is 2. The van der Waals surface area contributed by atoms with E-state index in [1.807, 2.05) is 24.1 Å². The summed E-state index contributed by atoms with van der Waals surface area (Å²) in [7, 11) is 3.49. The van der Waals surface area contributed by atoms with Gasteiger partial charge < -0.3 is 23.9 Å². The predicted octanol–water partition coefficient (Wildman–Crippen LogP) is 3.76. The summed E-state index contributed by atoms with van der Waals surface area (Å²) in [4.78, 5) is 17.6. The molecule has 1 aromatic carbocycles. The van der Waals surface area contributed by atoms with Crippen molar-refractivity contribution < 1.29 is 23.8 Å². The fourth-order valence-electron chi connectivity index (χ4n) is 7.41. The molecule has 2 aliphatic carbocycles. The molecule has 0 radical (unpaired) electrons. The minimum atomic E-state index is -0.247. The predicted molar refractivity (Wildman–Crippen MR) is 132 cm³/mol. The van der Waals surface area contributed by atoms with Crippen molar-refractivity contribution in [1.29, 1.82) is 0 Å². The van der Waals surface area contributed by atoms with Crippen LogP contribution in [0.1, 0.15) is 36.0 Å². The van der Waals surface area contributed by atoms with Crippen LogP contribution in [0.4, 0.5) is 0 Å². The zero-order valence-corrected chi connectivity index (χ0v) is 20.3. The topological polar surface area (TPSA) is 75.4 Å². The Kier molecular flexibility index (Phi) is 5.22. The van der Waals surface area contributed by atoms with Gasteiger partial charge in [-0.25, -0.2) is 0 Å². The molecule has 1 N–H and O–H groups in total. The first-order valence-electron chi connectivity index (χ1n) is 12.4. The number of amides is 1.